The van der Waals surface area contributed by atoms with E-state index < -0.39 is 0 Å². The molecule has 248 valence electrons. The van der Waals surface area contributed by atoms with E-state index in [0.29, 0.717) is 37.9 Å². The predicted octanol–water partition coefficient (Wildman–Crippen LogP) is 12.1. The van der Waals surface area contributed by atoms with E-state index in [2.05, 4.69) is 39.8 Å². The van der Waals surface area contributed by atoms with E-state index in [9.17, 15) is 9.59 Å². The Morgan fingerprint density at radius 3 is 1.38 bits per heavy atom. The van der Waals surface area contributed by atoms with Gasteiger partial charge < -0.3 is 9.47 Å². The largest absolute Gasteiger partial charge is 0.465 e. The summed E-state index contributed by atoms with van der Waals surface area (Å²) in [6, 6.07) is 0. The molecule has 0 rings (SSSR count). The molecule has 0 fully saturated rings. The minimum absolute atomic E-state index is 0.00811. The summed E-state index contributed by atoms with van der Waals surface area (Å²) in [5.74, 6) is 1.09. The van der Waals surface area contributed by atoms with Gasteiger partial charge in [0.15, 0.2) is 0 Å². The van der Waals surface area contributed by atoms with Crippen molar-refractivity contribution in [3.8, 4) is 0 Å². The maximum atomic E-state index is 12.2. The molecule has 0 spiro atoms. The third kappa shape index (κ3) is 28.8. The summed E-state index contributed by atoms with van der Waals surface area (Å²) in [6.45, 7) is 10.1. The van der Waals surface area contributed by atoms with E-state index in [1.165, 1.54) is 122 Å². The molecule has 2 unspecified atom stereocenters. The minimum Gasteiger partial charge on any atom is -0.465 e. The minimum atomic E-state index is -0.00922. The van der Waals surface area contributed by atoms with Crippen LogP contribution in [0.3, 0.4) is 0 Å². The second-order valence-electron chi connectivity index (χ2n) is 12.7. The van der Waals surface area contributed by atoms with Gasteiger partial charge in [-0.25, -0.2) is 0 Å². The smallest absolute Gasteiger partial charge is 0.305 e. The van der Waals surface area contributed by atoms with Crippen LogP contribution in [0.25, 0.3) is 0 Å². The molecule has 0 aliphatic rings. The number of allylic oxidation sites excluding steroid dienone is 2. The van der Waals surface area contributed by atoms with E-state index in [0.717, 1.165) is 32.1 Å². The molecule has 0 N–H and O–H groups in total. The second kappa shape index (κ2) is 32.6. The van der Waals surface area contributed by atoms with Gasteiger partial charge in [-0.15, -0.1) is 0 Å². The van der Waals surface area contributed by atoms with E-state index in [1.807, 2.05) is 0 Å². The normalized spacial score (nSPS) is 13.0. The highest BCUT2D eigenvalue weighted by Gasteiger charge is 2.12. The lowest BCUT2D eigenvalue weighted by Crippen LogP contribution is -2.14. The van der Waals surface area contributed by atoms with Crippen LogP contribution in [0.5, 0.6) is 0 Å². The Bertz CT molecular complexity index is 614. The quantitative estimate of drug-likeness (QED) is 0.0443. The maximum Gasteiger partial charge on any atom is 0.305 e. The lowest BCUT2D eigenvalue weighted by Gasteiger charge is -2.16. The topological polar surface area (TPSA) is 52.6 Å². The van der Waals surface area contributed by atoms with Gasteiger partial charge >= 0.3 is 11.9 Å². The summed E-state index contributed by atoms with van der Waals surface area (Å²) in [5.41, 5.74) is 0. The van der Waals surface area contributed by atoms with Crippen LogP contribution in [0.4, 0.5) is 0 Å². The molecular weight excluding hydrogens is 520 g/mol. The SMILES string of the molecule is CCCCCCC(CCCC)COC(=O)CCCCCCCC=CCCCCCCCC(=O)OCC(CC)CCCC. The molecule has 0 aromatic rings. The maximum absolute atomic E-state index is 12.2. The molecule has 0 radical (unpaired) electrons. The van der Waals surface area contributed by atoms with Crippen molar-refractivity contribution >= 4 is 11.9 Å². The monoisotopic (exact) mass is 593 g/mol. The molecule has 2 atom stereocenters. The number of hydrogen-bond donors (Lipinski definition) is 0. The van der Waals surface area contributed by atoms with Crippen molar-refractivity contribution in [3.05, 3.63) is 12.2 Å². The average molecular weight is 593 g/mol. The third-order valence-corrected chi connectivity index (χ3v) is 8.61. The molecule has 0 saturated carbocycles. The number of hydrogen-bond acceptors (Lipinski definition) is 4. The van der Waals surface area contributed by atoms with E-state index >= 15 is 0 Å². The summed E-state index contributed by atoms with van der Waals surface area (Å²) in [6.07, 6.45) is 34.5. The van der Waals surface area contributed by atoms with Gasteiger partial charge in [0.05, 0.1) is 13.2 Å². The zero-order valence-corrected chi connectivity index (χ0v) is 28.7. The van der Waals surface area contributed by atoms with Crippen molar-refractivity contribution in [2.45, 2.75) is 195 Å². The summed E-state index contributed by atoms with van der Waals surface area (Å²) in [4.78, 5) is 24.1. The molecule has 0 amide bonds. The van der Waals surface area contributed by atoms with E-state index in [1.54, 1.807) is 0 Å². The van der Waals surface area contributed by atoms with Crippen LogP contribution < -0.4 is 0 Å². The summed E-state index contributed by atoms with van der Waals surface area (Å²) in [7, 11) is 0. The van der Waals surface area contributed by atoms with Crippen molar-refractivity contribution in [1.29, 1.82) is 0 Å². The molecule has 0 aromatic carbocycles. The van der Waals surface area contributed by atoms with Gasteiger partial charge in [0.1, 0.15) is 0 Å². The van der Waals surface area contributed by atoms with Crippen LogP contribution in [0, 0.1) is 11.8 Å². The van der Waals surface area contributed by atoms with Crippen molar-refractivity contribution < 1.29 is 19.1 Å². The van der Waals surface area contributed by atoms with Crippen LogP contribution in [0.1, 0.15) is 195 Å². The number of carbonyl (C=O) groups excluding carboxylic acids is 2. The highest BCUT2D eigenvalue weighted by Crippen LogP contribution is 2.19. The van der Waals surface area contributed by atoms with Crippen LogP contribution in [0.2, 0.25) is 0 Å². The molecule has 4 heteroatoms. The van der Waals surface area contributed by atoms with Gasteiger partial charge in [0, 0.05) is 12.8 Å². The molecule has 0 saturated heterocycles. The van der Waals surface area contributed by atoms with Crippen LogP contribution >= 0.6 is 0 Å². The van der Waals surface area contributed by atoms with Gasteiger partial charge in [0.2, 0.25) is 0 Å². The van der Waals surface area contributed by atoms with Crippen molar-refractivity contribution in [3.63, 3.8) is 0 Å². The molecule has 0 heterocycles. The lowest BCUT2D eigenvalue weighted by molar-refractivity contribution is -0.146. The Morgan fingerprint density at radius 2 is 0.881 bits per heavy atom. The van der Waals surface area contributed by atoms with Crippen LogP contribution in [-0.4, -0.2) is 25.2 Å². The fourth-order valence-corrected chi connectivity index (χ4v) is 5.49. The van der Waals surface area contributed by atoms with Crippen molar-refractivity contribution in [2.75, 3.05) is 13.2 Å². The third-order valence-electron chi connectivity index (χ3n) is 8.61. The Labute approximate surface area is 262 Å². The molecule has 4 nitrogen and oxygen atoms in total. The molecule has 42 heavy (non-hydrogen) atoms. The number of ether oxygens (including phenoxy) is 2. The van der Waals surface area contributed by atoms with Gasteiger partial charge in [0.25, 0.3) is 0 Å². The van der Waals surface area contributed by atoms with Crippen molar-refractivity contribution in [2.24, 2.45) is 11.8 Å². The van der Waals surface area contributed by atoms with E-state index in [4.69, 9.17) is 9.47 Å². The van der Waals surface area contributed by atoms with Crippen LogP contribution in [-0.2, 0) is 19.1 Å². The highest BCUT2D eigenvalue weighted by atomic mass is 16.5. The zero-order chi connectivity index (χ0) is 30.9. The molecule has 0 aliphatic carbocycles. The Kier molecular flexibility index (Phi) is 31.6. The predicted molar refractivity (Wildman–Crippen MR) is 181 cm³/mol. The Morgan fingerprint density at radius 1 is 0.476 bits per heavy atom. The molecular formula is C38H72O4. The first-order valence-corrected chi connectivity index (χ1v) is 18.5. The summed E-state index contributed by atoms with van der Waals surface area (Å²) < 4.78 is 11.1. The molecule has 0 bridgehead atoms. The molecule has 0 aromatic heterocycles. The molecule has 0 aliphatic heterocycles. The first kappa shape index (κ1) is 40.7. The lowest BCUT2D eigenvalue weighted by atomic mass is 9.96. The standard InChI is InChI=1S/C38H72O4/c1-5-9-12-25-30-36(29-11-7-3)34-42-38(40)32-27-24-22-20-18-16-14-13-15-17-19-21-23-26-31-37(39)41-33-35(8-4)28-10-6-2/h13-14,35-36H,5-12,15-34H2,1-4H3. The summed E-state index contributed by atoms with van der Waals surface area (Å²) >= 11 is 0. The fraction of sp³-hybridized carbons (Fsp3) is 0.895. The highest BCUT2D eigenvalue weighted by molar-refractivity contribution is 5.69. The number of rotatable bonds is 32. The van der Waals surface area contributed by atoms with Crippen LogP contribution in [0.15, 0.2) is 12.2 Å². The van der Waals surface area contributed by atoms with E-state index in [-0.39, 0.29) is 11.9 Å². The second-order valence-corrected chi connectivity index (χ2v) is 12.7. The number of esters is 2. The Balaban J connectivity index is 3.56. The Hall–Kier alpha value is -1.32. The number of unbranched alkanes of at least 4 members (excludes halogenated alkanes) is 15. The first-order valence-electron chi connectivity index (χ1n) is 18.5. The van der Waals surface area contributed by atoms with Gasteiger partial charge in [-0.05, 0) is 69.6 Å². The number of carbonyl (C=O) groups is 2. The van der Waals surface area contributed by atoms with Gasteiger partial charge in [-0.1, -0.05) is 136 Å². The zero-order valence-electron chi connectivity index (χ0n) is 28.7. The average Bonchev–Trinajstić information content (AvgIpc) is 3.00. The van der Waals surface area contributed by atoms with Crippen molar-refractivity contribution in [1.82, 2.24) is 0 Å². The first-order chi connectivity index (χ1) is 20.6. The fourth-order valence-electron chi connectivity index (χ4n) is 5.49. The summed E-state index contributed by atoms with van der Waals surface area (Å²) in [5, 5.41) is 0. The van der Waals surface area contributed by atoms with Gasteiger partial charge in [-0.3, -0.25) is 9.59 Å². The van der Waals surface area contributed by atoms with Gasteiger partial charge in [-0.2, -0.15) is 0 Å².